The van der Waals surface area contributed by atoms with E-state index in [2.05, 4.69) is 19.6 Å². The largest absolute Gasteiger partial charge is 0.544 e. The van der Waals surface area contributed by atoms with Gasteiger partial charge >= 0.3 is 0 Å². The van der Waals surface area contributed by atoms with Gasteiger partial charge in [0.1, 0.15) is 18.1 Å². The van der Waals surface area contributed by atoms with Crippen molar-refractivity contribution in [3.63, 3.8) is 0 Å². The molecule has 0 saturated carbocycles. The molecule has 0 fully saturated rings. The van der Waals surface area contributed by atoms with Gasteiger partial charge in [-0.2, -0.15) is 0 Å². The van der Waals surface area contributed by atoms with Crippen molar-refractivity contribution in [3.8, 4) is 11.5 Å². The molecule has 0 aliphatic rings. The number of benzene rings is 1. The van der Waals surface area contributed by atoms with E-state index < -0.39 is 8.32 Å². The highest BCUT2D eigenvalue weighted by molar-refractivity contribution is 6.70. The van der Waals surface area contributed by atoms with Gasteiger partial charge in [0.25, 0.3) is 0 Å². The van der Waals surface area contributed by atoms with Crippen LogP contribution in [0.25, 0.3) is 0 Å². The monoisotopic (exact) mass is 226 g/mol. The highest BCUT2D eigenvalue weighted by atomic mass is 28.4. The van der Waals surface area contributed by atoms with Crippen LogP contribution in [-0.2, 0) is 0 Å². The summed E-state index contributed by atoms with van der Waals surface area (Å²) >= 11 is 0. The standard InChI is InChI=1S/C11H18O3Si/c1-15(2,3)14-11-6-4-10(5-7-11)13-9-8-12/h4-7,12H,8-9H2,1-3H3. The van der Waals surface area contributed by atoms with E-state index in [1.165, 1.54) is 0 Å². The smallest absolute Gasteiger partial charge is 0.242 e. The fraction of sp³-hybridized carbons (Fsp3) is 0.455. The van der Waals surface area contributed by atoms with Crippen LogP contribution in [0, 0.1) is 0 Å². The highest BCUT2D eigenvalue weighted by Gasteiger charge is 2.15. The first kappa shape index (κ1) is 12.1. The van der Waals surface area contributed by atoms with E-state index in [0.29, 0.717) is 6.61 Å². The van der Waals surface area contributed by atoms with Crippen LogP contribution in [-0.4, -0.2) is 26.6 Å². The molecule has 0 aliphatic heterocycles. The summed E-state index contributed by atoms with van der Waals surface area (Å²) in [4.78, 5) is 0. The van der Waals surface area contributed by atoms with Crippen LogP contribution in [0.1, 0.15) is 0 Å². The fourth-order valence-corrected chi connectivity index (χ4v) is 1.96. The summed E-state index contributed by atoms with van der Waals surface area (Å²) in [6.45, 7) is 6.79. The SMILES string of the molecule is C[Si](C)(C)Oc1ccc(OCCO)cc1. The Balaban J connectivity index is 2.56. The lowest BCUT2D eigenvalue weighted by atomic mass is 10.3. The van der Waals surface area contributed by atoms with E-state index in [0.717, 1.165) is 11.5 Å². The normalized spacial score (nSPS) is 11.2. The summed E-state index contributed by atoms with van der Waals surface area (Å²) in [6, 6.07) is 7.49. The predicted molar refractivity (Wildman–Crippen MR) is 63.0 cm³/mol. The number of aliphatic hydroxyl groups is 1. The van der Waals surface area contributed by atoms with E-state index in [-0.39, 0.29) is 6.61 Å². The Morgan fingerprint density at radius 2 is 1.60 bits per heavy atom. The Morgan fingerprint density at radius 3 is 2.07 bits per heavy atom. The van der Waals surface area contributed by atoms with Crippen LogP contribution in [0.4, 0.5) is 0 Å². The zero-order valence-electron chi connectivity index (χ0n) is 9.49. The van der Waals surface area contributed by atoms with Crippen molar-refractivity contribution in [1.82, 2.24) is 0 Å². The first-order valence-corrected chi connectivity index (χ1v) is 8.45. The summed E-state index contributed by atoms with van der Waals surface area (Å²) in [5.41, 5.74) is 0. The molecule has 1 aromatic rings. The predicted octanol–water partition coefficient (Wildman–Crippen LogP) is 2.27. The quantitative estimate of drug-likeness (QED) is 0.783. The van der Waals surface area contributed by atoms with Gasteiger partial charge in [0.15, 0.2) is 0 Å². The molecule has 0 heterocycles. The molecule has 84 valence electrons. The molecule has 1 N–H and O–H groups in total. The van der Waals surface area contributed by atoms with Crippen LogP contribution < -0.4 is 9.16 Å². The first-order chi connectivity index (χ1) is 7.01. The Bertz CT molecular complexity index is 290. The molecular weight excluding hydrogens is 208 g/mol. The van der Waals surface area contributed by atoms with Gasteiger partial charge in [-0.3, -0.25) is 0 Å². The summed E-state index contributed by atoms with van der Waals surface area (Å²) < 4.78 is 11.0. The lowest BCUT2D eigenvalue weighted by Gasteiger charge is -2.19. The molecule has 0 atom stereocenters. The van der Waals surface area contributed by atoms with Gasteiger partial charge < -0.3 is 14.3 Å². The summed E-state index contributed by atoms with van der Waals surface area (Å²) in [5, 5.41) is 8.59. The Hall–Kier alpha value is -1.00. The molecule has 0 amide bonds. The fourth-order valence-electron chi connectivity index (χ4n) is 1.12. The van der Waals surface area contributed by atoms with E-state index in [1.807, 2.05) is 24.3 Å². The molecule has 0 aliphatic carbocycles. The van der Waals surface area contributed by atoms with Crippen LogP contribution in [0.15, 0.2) is 24.3 Å². The van der Waals surface area contributed by atoms with Crippen LogP contribution in [0.2, 0.25) is 19.6 Å². The summed E-state index contributed by atoms with van der Waals surface area (Å²) in [6.07, 6.45) is 0. The van der Waals surface area contributed by atoms with Crippen molar-refractivity contribution < 1.29 is 14.3 Å². The first-order valence-electron chi connectivity index (χ1n) is 5.04. The molecular formula is C11H18O3Si. The second kappa shape index (κ2) is 5.18. The molecule has 0 spiro atoms. The topological polar surface area (TPSA) is 38.7 Å². The van der Waals surface area contributed by atoms with E-state index >= 15 is 0 Å². The maximum Gasteiger partial charge on any atom is 0.242 e. The number of rotatable bonds is 5. The maximum atomic E-state index is 8.59. The lowest BCUT2D eigenvalue weighted by Crippen LogP contribution is -2.29. The zero-order chi connectivity index (χ0) is 11.3. The summed E-state index contributed by atoms with van der Waals surface area (Å²) in [7, 11) is -1.52. The average Bonchev–Trinajstić information content (AvgIpc) is 2.14. The van der Waals surface area contributed by atoms with Crippen molar-refractivity contribution in [1.29, 1.82) is 0 Å². The van der Waals surface area contributed by atoms with Gasteiger partial charge in [0.2, 0.25) is 8.32 Å². The molecule has 3 nitrogen and oxygen atoms in total. The molecule has 1 rings (SSSR count). The minimum absolute atomic E-state index is 0.0349. The molecule has 0 saturated heterocycles. The van der Waals surface area contributed by atoms with E-state index in [4.69, 9.17) is 14.3 Å². The second-order valence-electron chi connectivity index (χ2n) is 4.26. The minimum Gasteiger partial charge on any atom is -0.544 e. The number of hydrogen-bond donors (Lipinski definition) is 1. The van der Waals surface area contributed by atoms with Gasteiger partial charge in [-0.25, -0.2) is 0 Å². The second-order valence-corrected chi connectivity index (χ2v) is 8.69. The van der Waals surface area contributed by atoms with Gasteiger partial charge in [-0.05, 0) is 43.9 Å². The number of hydrogen-bond acceptors (Lipinski definition) is 3. The van der Waals surface area contributed by atoms with Crippen LogP contribution in [0.3, 0.4) is 0 Å². The number of ether oxygens (including phenoxy) is 1. The van der Waals surface area contributed by atoms with Gasteiger partial charge in [0, 0.05) is 0 Å². The highest BCUT2D eigenvalue weighted by Crippen LogP contribution is 2.20. The van der Waals surface area contributed by atoms with Crippen molar-refractivity contribution in [2.45, 2.75) is 19.6 Å². The molecule has 0 unspecified atom stereocenters. The van der Waals surface area contributed by atoms with Gasteiger partial charge in [-0.1, -0.05) is 0 Å². The van der Waals surface area contributed by atoms with E-state index in [9.17, 15) is 0 Å². The van der Waals surface area contributed by atoms with Crippen molar-refractivity contribution in [2.75, 3.05) is 13.2 Å². The third-order valence-corrected chi connectivity index (χ3v) is 2.46. The molecule has 4 heteroatoms. The third kappa shape index (κ3) is 4.85. The lowest BCUT2D eigenvalue weighted by molar-refractivity contribution is 0.201. The molecule has 1 aromatic carbocycles. The van der Waals surface area contributed by atoms with Crippen molar-refractivity contribution >= 4 is 8.32 Å². The number of aliphatic hydroxyl groups excluding tert-OH is 1. The Morgan fingerprint density at radius 1 is 1.07 bits per heavy atom. The molecule has 15 heavy (non-hydrogen) atoms. The van der Waals surface area contributed by atoms with E-state index in [1.54, 1.807) is 0 Å². The van der Waals surface area contributed by atoms with Crippen LogP contribution >= 0.6 is 0 Å². The van der Waals surface area contributed by atoms with Crippen molar-refractivity contribution in [2.24, 2.45) is 0 Å². The third-order valence-electron chi connectivity index (χ3n) is 1.61. The van der Waals surface area contributed by atoms with Gasteiger partial charge in [-0.15, -0.1) is 0 Å². The van der Waals surface area contributed by atoms with Gasteiger partial charge in [0.05, 0.1) is 6.61 Å². The van der Waals surface area contributed by atoms with Crippen LogP contribution in [0.5, 0.6) is 11.5 Å². The average molecular weight is 226 g/mol. The molecule has 0 bridgehead atoms. The zero-order valence-corrected chi connectivity index (χ0v) is 10.5. The molecule has 0 radical (unpaired) electrons. The Labute approximate surface area is 91.8 Å². The maximum absolute atomic E-state index is 8.59. The minimum atomic E-state index is -1.52. The summed E-state index contributed by atoms with van der Waals surface area (Å²) in [5.74, 6) is 1.64. The molecule has 0 aromatic heterocycles. The Kier molecular flexibility index (Phi) is 4.17. The van der Waals surface area contributed by atoms with Crippen molar-refractivity contribution in [3.05, 3.63) is 24.3 Å².